The van der Waals surface area contributed by atoms with Crippen LogP contribution in [0.4, 0.5) is 0 Å². The first-order valence-electron chi connectivity index (χ1n) is 8.61. The van der Waals surface area contributed by atoms with E-state index in [9.17, 15) is 4.79 Å². The fourth-order valence-electron chi connectivity index (χ4n) is 3.59. The van der Waals surface area contributed by atoms with Crippen molar-refractivity contribution in [2.24, 2.45) is 0 Å². The van der Waals surface area contributed by atoms with E-state index >= 15 is 0 Å². The average molecular weight is 314 g/mol. The molecule has 1 atom stereocenters. The average Bonchev–Trinajstić information content (AvgIpc) is 3.26. The lowest BCUT2D eigenvalue weighted by molar-refractivity contribution is -0.126. The number of amides is 1. The largest absolute Gasteiger partial charge is 0.497 e. The minimum absolute atomic E-state index is 0.134. The van der Waals surface area contributed by atoms with Crippen LogP contribution in [0.15, 0.2) is 36.4 Å². The monoisotopic (exact) mass is 314 g/mol. The minimum Gasteiger partial charge on any atom is -0.497 e. The van der Waals surface area contributed by atoms with Gasteiger partial charge in [0.05, 0.1) is 13.2 Å². The molecule has 1 unspecified atom stereocenters. The maximum atomic E-state index is 12.5. The summed E-state index contributed by atoms with van der Waals surface area (Å²) >= 11 is 0. The Labute approximate surface area is 138 Å². The summed E-state index contributed by atoms with van der Waals surface area (Å²) < 4.78 is 5.31. The molecule has 0 saturated carbocycles. The molecule has 2 aliphatic rings. The van der Waals surface area contributed by atoms with Crippen LogP contribution in [0.25, 0.3) is 0 Å². The molecule has 3 rings (SSSR count). The molecule has 0 aliphatic carbocycles. The van der Waals surface area contributed by atoms with Gasteiger partial charge >= 0.3 is 0 Å². The van der Waals surface area contributed by atoms with E-state index in [2.05, 4.69) is 11.0 Å². The van der Waals surface area contributed by atoms with Crippen LogP contribution in [0.2, 0.25) is 0 Å². The molecule has 2 fully saturated rings. The van der Waals surface area contributed by atoms with Crippen LogP contribution in [0.1, 0.15) is 37.3 Å². The third kappa shape index (κ3) is 3.94. The van der Waals surface area contributed by atoms with Gasteiger partial charge < -0.3 is 9.64 Å². The van der Waals surface area contributed by atoms with E-state index in [0.717, 1.165) is 44.8 Å². The van der Waals surface area contributed by atoms with E-state index in [1.165, 1.54) is 18.4 Å². The van der Waals surface area contributed by atoms with Crippen molar-refractivity contribution < 1.29 is 9.53 Å². The molecular weight excluding hydrogens is 288 g/mol. The lowest BCUT2D eigenvalue weighted by Crippen LogP contribution is -2.29. The zero-order valence-corrected chi connectivity index (χ0v) is 13.9. The summed E-state index contributed by atoms with van der Waals surface area (Å²) in [6.45, 7) is 4.06. The Bertz CT molecular complexity index is 564. The molecule has 1 amide bonds. The zero-order valence-electron chi connectivity index (χ0n) is 13.9. The summed E-state index contributed by atoms with van der Waals surface area (Å²) in [6.07, 6.45) is 8.44. The first kappa shape index (κ1) is 16.1. The molecule has 0 aromatic heterocycles. The van der Waals surface area contributed by atoms with Crippen LogP contribution in [-0.4, -0.2) is 49.0 Å². The molecule has 2 heterocycles. The molecule has 4 heteroatoms. The maximum absolute atomic E-state index is 12.5. The van der Waals surface area contributed by atoms with Crippen LogP contribution < -0.4 is 4.74 Å². The van der Waals surface area contributed by atoms with E-state index in [1.54, 1.807) is 13.2 Å². The Morgan fingerprint density at radius 2 is 2.09 bits per heavy atom. The lowest BCUT2D eigenvalue weighted by atomic mass is 10.0. The first-order chi connectivity index (χ1) is 11.3. The Morgan fingerprint density at radius 3 is 2.87 bits per heavy atom. The number of methoxy groups -OCH3 is 1. The summed E-state index contributed by atoms with van der Waals surface area (Å²) in [4.78, 5) is 16.9. The second-order valence-electron chi connectivity index (χ2n) is 6.38. The number of ether oxygens (including phenoxy) is 1. The number of benzene rings is 1. The molecule has 1 aromatic rings. The molecule has 0 N–H and O–H groups in total. The van der Waals surface area contributed by atoms with Gasteiger partial charge in [0.25, 0.3) is 0 Å². The summed E-state index contributed by atoms with van der Waals surface area (Å²) in [7, 11) is 1.68. The second-order valence-corrected chi connectivity index (χ2v) is 6.38. The third-order valence-electron chi connectivity index (χ3n) is 4.84. The lowest BCUT2D eigenvalue weighted by Gasteiger charge is -2.24. The number of carbonyl (C=O) groups is 1. The van der Waals surface area contributed by atoms with E-state index in [0.29, 0.717) is 0 Å². The van der Waals surface area contributed by atoms with Gasteiger partial charge in [-0.2, -0.15) is 0 Å². The number of nitrogens with zero attached hydrogens (tertiary/aromatic N) is 2. The van der Waals surface area contributed by atoms with Crippen molar-refractivity contribution in [1.82, 2.24) is 9.80 Å². The molecule has 0 radical (unpaired) electrons. The number of rotatable bonds is 5. The SMILES string of the molecule is COc1cccc(C2CCCN2C(=O)/C=C/CN2CCCC2)c1. The van der Waals surface area contributed by atoms with E-state index in [-0.39, 0.29) is 11.9 Å². The van der Waals surface area contributed by atoms with Crippen molar-refractivity contribution in [1.29, 1.82) is 0 Å². The number of hydrogen-bond acceptors (Lipinski definition) is 3. The standard InChI is InChI=1S/C19H26N2O2/c1-23-17-8-4-7-16(15-17)18-9-5-14-21(18)19(22)10-6-13-20-11-2-3-12-20/h4,6-8,10,15,18H,2-3,5,9,11-14H2,1H3/b10-6+. The van der Waals surface area contributed by atoms with Crippen molar-refractivity contribution in [3.63, 3.8) is 0 Å². The number of hydrogen-bond donors (Lipinski definition) is 0. The Morgan fingerprint density at radius 1 is 1.26 bits per heavy atom. The molecule has 0 bridgehead atoms. The molecule has 23 heavy (non-hydrogen) atoms. The normalized spacial score (nSPS) is 22.1. The fraction of sp³-hybridized carbons (Fsp3) is 0.526. The van der Waals surface area contributed by atoms with Crippen LogP contribution in [0.3, 0.4) is 0 Å². The van der Waals surface area contributed by atoms with Gasteiger partial charge in [0.15, 0.2) is 0 Å². The summed E-state index contributed by atoms with van der Waals surface area (Å²) in [5.74, 6) is 0.987. The summed E-state index contributed by atoms with van der Waals surface area (Å²) in [6, 6.07) is 8.25. The van der Waals surface area contributed by atoms with Crippen LogP contribution in [0, 0.1) is 0 Å². The minimum atomic E-state index is 0.134. The Hall–Kier alpha value is -1.81. The molecule has 1 aromatic carbocycles. The van der Waals surface area contributed by atoms with Gasteiger partial charge in [-0.15, -0.1) is 0 Å². The quantitative estimate of drug-likeness (QED) is 0.783. The molecule has 2 saturated heterocycles. The highest BCUT2D eigenvalue weighted by atomic mass is 16.5. The molecule has 2 aliphatic heterocycles. The van der Waals surface area contributed by atoms with Gasteiger partial charge in [-0.3, -0.25) is 9.69 Å². The molecular formula is C19H26N2O2. The highest BCUT2D eigenvalue weighted by molar-refractivity contribution is 5.88. The van der Waals surface area contributed by atoms with Crippen LogP contribution in [-0.2, 0) is 4.79 Å². The van der Waals surface area contributed by atoms with Crippen LogP contribution in [0.5, 0.6) is 5.75 Å². The summed E-state index contributed by atoms with van der Waals surface area (Å²) in [5.41, 5.74) is 1.17. The van der Waals surface area contributed by atoms with Crippen molar-refractivity contribution in [3.05, 3.63) is 42.0 Å². The molecule has 124 valence electrons. The Kier molecular flexibility index (Phi) is 5.34. The molecule has 0 spiro atoms. The highest BCUT2D eigenvalue weighted by Gasteiger charge is 2.28. The predicted octanol–water partition coefficient (Wildman–Crippen LogP) is 3.01. The van der Waals surface area contributed by atoms with Gasteiger partial charge in [-0.05, 0) is 56.5 Å². The van der Waals surface area contributed by atoms with E-state index in [1.807, 2.05) is 29.2 Å². The molecule has 4 nitrogen and oxygen atoms in total. The number of likely N-dealkylation sites (tertiary alicyclic amines) is 2. The Balaban J connectivity index is 1.63. The van der Waals surface area contributed by atoms with Crippen molar-refractivity contribution in [2.45, 2.75) is 31.7 Å². The van der Waals surface area contributed by atoms with Crippen molar-refractivity contribution >= 4 is 5.91 Å². The second kappa shape index (κ2) is 7.64. The van der Waals surface area contributed by atoms with Gasteiger partial charge in [-0.1, -0.05) is 18.2 Å². The topological polar surface area (TPSA) is 32.8 Å². The van der Waals surface area contributed by atoms with Crippen molar-refractivity contribution in [3.8, 4) is 5.75 Å². The van der Waals surface area contributed by atoms with Crippen molar-refractivity contribution in [2.75, 3.05) is 33.3 Å². The van der Waals surface area contributed by atoms with Crippen LogP contribution >= 0.6 is 0 Å². The fourth-order valence-corrected chi connectivity index (χ4v) is 3.59. The number of carbonyl (C=O) groups excluding carboxylic acids is 1. The van der Waals surface area contributed by atoms with Gasteiger partial charge in [0.2, 0.25) is 5.91 Å². The van der Waals surface area contributed by atoms with E-state index in [4.69, 9.17) is 4.74 Å². The third-order valence-corrected chi connectivity index (χ3v) is 4.84. The highest BCUT2D eigenvalue weighted by Crippen LogP contribution is 2.33. The van der Waals surface area contributed by atoms with E-state index < -0.39 is 0 Å². The first-order valence-corrected chi connectivity index (χ1v) is 8.61. The summed E-state index contributed by atoms with van der Waals surface area (Å²) in [5, 5.41) is 0. The van der Waals surface area contributed by atoms with Gasteiger partial charge in [-0.25, -0.2) is 0 Å². The maximum Gasteiger partial charge on any atom is 0.246 e. The zero-order chi connectivity index (χ0) is 16.1. The van der Waals surface area contributed by atoms with Gasteiger partial charge in [0.1, 0.15) is 5.75 Å². The smallest absolute Gasteiger partial charge is 0.246 e. The van der Waals surface area contributed by atoms with Gasteiger partial charge in [0, 0.05) is 19.2 Å². The predicted molar refractivity (Wildman–Crippen MR) is 91.5 cm³/mol.